The molecule has 0 aliphatic carbocycles. The van der Waals surface area contributed by atoms with Crippen LogP contribution in [0.2, 0.25) is 0 Å². The molecule has 0 saturated heterocycles. The maximum atomic E-state index is 13.3. The summed E-state index contributed by atoms with van der Waals surface area (Å²) < 4.78 is 25.1. The van der Waals surface area contributed by atoms with Crippen molar-refractivity contribution >= 4 is 16.7 Å². The topological polar surface area (TPSA) is 101 Å². The smallest absolute Gasteiger partial charge is 0.439 e. The van der Waals surface area contributed by atoms with E-state index in [0.717, 1.165) is 28.8 Å². The molecule has 0 fully saturated rings. The highest BCUT2D eigenvalue weighted by atomic mass is 32.2. The van der Waals surface area contributed by atoms with Gasteiger partial charge in [0.2, 0.25) is 5.88 Å². The Morgan fingerprint density at radius 2 is 1.94 bits per heavy atom. The first-order valence-electron chi connectivity index (χ1n) is 9.67. The molecular weight excluding hydrogens is 416 g/mol. The number of benzene rings is 2. The van der Waals surface area contributed by atoms with Gasteiger partial charge in [-0.3, -0.25) is 9.51 Å². The lowest BCUT2D eigenvalue weighted by Crippen LogP contribution is -2.22. The number of anilines is 1. The van der Waals surface area contributed by atoms with Crippen LogP contribution in [0.15, 0.2) is 75.0 Å². The lowest BCUT2D eigenvalue weighted by atomic mass is 10.0. The summed E-state index contributed by atoms with van der Waals surface area (Å²) in [7, 11) is -0.174. The molecule has 1 aliphatic heterocycles. The fourth-order valence-corrected chi connectivity index (χ4v) is 5.11. The molecule has 3 heterocycles. The minimum atomic E-state index is -1.78. The number of aromatic nitrogens is 3. The van der Waals surface area contributed by atoms with Gasteiger partial charge in [-0.1, -0.05) is 15.4 Å². The number of hydrogen-bond donors (Lipinski definition) is 1. The van der Waals surface area contributed by atoms with E-state index in [1.165, 1.54) is 0 Å². The predicted octanol–water partition coefficient (Wildman–Crippen LogP) is 3.13. The van der Waals surface area contributed by atoms with Crippen molar-refractivity contribution in [3.8, 4) is 28.4 Å². The molecule has 9 heteroatoms. The van der Waals surface area contributed by atoms with Gasteiger partial charge < -0.3 is 4.74 Å². The monoisotopic (exact) mass is 435 g/mol. The second-order valence-corrected chi connectivity index (χ2v) is 8.59. The quantitative estimate of drug-likeness (QED) is 0.382. The third kappa shape index (κ3) is 3.53. The summed E-state index contributed by atoms with van der Waals surface area (Å²) in [5.74, 6) is 0.315. The maximum Gasteiger partial charge on any atom is 0.439 e. The zero-order valence-corrected chi connectivity index (χ0v) is 17.5. The zero-order chi connectivity index (χ0) is 21.4. The number of ether oxygens (including phenoxy) is 1. The molecule has 0 saturated carbocycles. The van der Waals surface area contributed by atoms with Crippen LogP contribution in [0.25, 0.3) is 22.5 Å². The van der Waals surface area contributed by atoms with Crippen LogP contribution in [-0.2, 0) is 21.6 Å². The lowest BCUT2D eigenvalue weighted by molar-refractivity contribution is 0.388. The number of pyridine rings is 1. The molecule has 31 heavy (non-hydrogen) atoms. The minimum absolute atomic E-state index is 0.344. The number of methoxy groups -OCH3 is 1. The number of aromatic amines is 1. The van der Waals surface area contributed by atoms with Crippen molar-refractivity contribution in [1.82, 2.24) is 15.1 Å². The summed E-state index contributed by atoms with van der Waals surface area (Å²) in [6.07, 6.45) is 2.51. The van der Waals surface area contributed by atoms with Gasteiger partial charge in [-0.05, 0) is 66.1 Å². The number of rotatable bonds is 5. The summed E-state index contributed by atoms with van der Waals surface area (Å²) in [6, 6.07) is 17.1. The van der Waals surface area contributed by atoms with E-state index < -0.39 is 16.7 Å². The van der Waals surface area contributed by atoms with Crippen LogP contribution in [0.4, 0.5) is 5.69 Å². The number of H-pyrrole nitrogens is 1. The van der Waals surface area contributed by atoms with Crippen LogP contribution in [0.3, 0.4) is 0 Å². The Labute approximate surface area is 180 Å². The van der Waals surface area contributed by atoms with Crippen LogP contribution in [-0.4, -0.2) is 28.8 Å². The van der Waals surface area contributed by atoms with E-state index in [-0.39, 0.29) is 0 Å². The first-order valence-corrected chi connectivity index (χ1v) is 10.9. The van der Waals surface area contributed by atoms with E-state index >= 15 is 0 Å². The molecule has 0 spiro atoms. The Morgan fingerprint density at radius 1 is 1.13 bits per heavy atom. The highest BCUT2D eigenvalue weighted by molar-refractivity contribution is 7.86. The molecule has 1 N–H and O–H groups in total. The van der Waals surface area contributed by atoms with Crippen molar-refractivity contribution in [2.75, 3.05) is 18.0 Å². The van der Waals surface area contributed by atoms with Gasteiger partial charge in [0, 0.05) is 17.3 Å². The largest absolute Gasteiger partial charge is 0.481 e. The first kappa shape index (κ1) is 19.3. The summed E-state index contributed by atoms with van der Waals surface area (Å²) in [6.45, 7) is 0.677. The standard InChI is InChI=1S/C22H18N4O4S/c1-29-21-18(3-2-11-23-21)15-6-9-19-16(13-15)10-12-26(19)31(28)17-7-4-14(5-8-17)20-24-22(27)30-25-20/h2-9,11,13H,10,12H2,1H3,(H,24,25,27)/p+1. The van der Waals surface area contributed by atoms with E-state index in [9.17, 15) is 9.00 Å². The third-order valence-electron chi connectivity index (χ3n) is 5.25. The van der Waals surface area contributed by atoms with E-state index in [1.807, 2.05) is 28.6 Å². The van der Waals surface area contributed by atoms with Crippen LogP contribution in [0.5, 0.6) is 5.88 Å². The number of hydrogen-bond acceptors (Lipinski definition) is 6. The Hall–Kier alpha value is -3.72. The van der Waals surface area contributed by atoms with E-state index in [4.69, 9.17) is 4.74 Å². The molecule has 1 unspecified atom stereocenters. The van der Waals surface area contributed by atoms with Gasteiger partial charge in [0.25, 0.3) is 0 Å². The molecule has 0 radical (unpaired) electrons. The summed E-state index contributed by atoms with van der Waals surface area (Å²) >= 11 is 0. The normalized spacial score (nSPS) is 13.8. The van der Waals surface area contributed by atoms with Crippen molar-refractivity contribution < 1.29 is 13.5 Å². The van der Waals surface area contributed by atoms with Crippen molar-refractivity contribution in [3.63, 3.8) is 0 Å². The van der Waals surface area contributed by atoms with Gasteiger partial charge in [0.05, 0.1) is 19.3 Å². The molecular formula is C22H19N4O4S+. The number of fused-ring (bicyclic) bond motifs is 1. The van der Waals surface area contributed by atoms with Crippen LogP contribution in [0.1, 0.15) is 5.56 Å². The number of thiol groups is 1. The molecule has 2 aromatic heterocycles. The molecule has 2 aromatic carbocycles. The van der Waals surface area contributed by atoms with Gasteiger partial charge in [-0.2, -0.15) is 4.31 Å². The SMILES string of the molecule is COc1ncccc1-c1ccc2c(c1)CCN2[SH+](=O)c1ccc(-c2noc(=O)[nH]2)cc1. The highest BCUT2D eigenvalue weighted by Gasteiger charge is 2.30. The lowest BCUT2D eigenvalue weighted by Gasteiger charge is -2.13. The minimum Gasteiger partial charge on any atom is -0.481 e. The average Bonchev–Trinajstić information content (AvgIpc) is 3.44. The predicted molar refractivity (Wildman–Crippen MR) is 118 cm³/mol. The van der Waals surface area contributed by atoms with Crippen LogP contribution in [0, 0.1) is 0 Å². The zero-order valence-electron chi connectivity index (χ0n) is 16.6. The molecule has 1 atom stereocenters. The van der Waals surface area contributed by atoms with Crippen LogP contribution >= 0.6 is 0 Å². The van der Waals surface area contributed by atoms with Gasteiger partial charge in [-0.15, -0.1) is 0 Å². The molecule has 8 nitrogen and oxygen atoms in total. The summed E-state index contributed by atoms with van der Waals surface area (Å²) in [5.41, 5.74) is 4.75. The Morgan fingerprint density at radius 3 is 2.68 bits per heavy atom. The second kappa shape index (κ2) is 7.84. The van der Waals surface area contributed by atoms with Gasteiger partial charge >= 0.3 is 5.76 Å². The first-order chi connectivity index (χ1) is 15.1. The Kier molecular flexibility index (Phi) is 4.87. The molecule has 0 bridgehead atoms. The number of nitrogens with one attached hydrogen (secondary N) is 1. The van der Waals surface area contributed by atoms with Gasteiger partial charge in [0.15, 0.2) is 21.7 Å². The molecule has 0 amide bonds. The van der Waals surface area contributed by atoms with Crippen molar-refractivity contribution in [2.24, 2.45) is 0 Å². The van der Waals surface area contributed by atoms with Crippen molar-refractivity contribution in [2.45, 2.75) is 11.3 Å². The van der Waals surface area contributed by atoms with Crippen LogP contribution < -0.4 is 14.8 Å². The molecule has 5 rings (SSSR count). The molecule has 4 aromatic rings. The van der Waals surface area contributed by atoms with Crippen molar-refractivity contribution in [1.29, 1.82) is 0 Å². The van der Waals surface area contributed by atoms with E-state index in [2.05, 4.69) is 25.7 Å². The fraction of sp³-hybridized carbons (Fsp3) is 0.136. The van der Waals surface area contributed by atoms with Gasteiger partial charge in [0.1, 0.15) is 0 Å². The van der Waals surface area contributed by atoms with Gasteiger partial charge in [-0.25, -0.2) is 9.78 Å². The second-order valence-electron chi connectivity index (χ2n) is 7.04. The van der Waals surface area contributed by atoms with E-state index in [0.29, 0.717) is 28.7 Å². The molecule has 1 aliphatic rings. The third-order valence-corrected chi connectivity index (χ3v) is 6.84. The van der Waals surface area contributed by atoms with E-state index in [1.54, 1.807) is 37.6 Å². The Bertz CT molecular complexity index is 1330. The van der Waals surface area contributed by atoms with Crippen molar-refractivity contribution in [3.05, 3.63) is 76.9 Å². The fourth-order valence-electron chi connectivity index (χ4n) is 3.75. The Balaban J connectivity index is 1.41. The average molecular weight is 435 g/mol. The summed E-state index contributed by atoms with van der Waals surface area (Å²) in [5, 5.41) is 3.67. The summed E-state index contributed by atoms with van der Waals surface area (Å²) in [4.78, 5) is 18.6. The highest BCUT2D eigenvalue weighted by Crippen LogP contribution is 2.36. The molecule has 156 valence electrons. The maximum absolute atomic E-state index is 13.3. The number of nitrogens with zero attached hydrogens (tertiary/aromatic N) is 3.